The van der Waals surface area contributed by atoms with Crippen molar-refractivity contribution in [3.8, 4) is 0 Å². The highest BCUT2D eigenvalue weighted by molar-refractivity contribution is 7.89. The highest BCUT2D eigenvalue weighted by atomic mass is 32.2. The Balaban J connectivity index is 1.85. The van der Waals surface area contributed by atoms with Crippen LogP contribution in [0.25, 0.3) is 0 Å². The third-order valence-electron chi connectivity index (χ3n) is 3.73. The normalized spacial score (nSPS) is 11.2. The number of amides is 1. The lowest BCUT2D eigenvalue weighted by Crippen LogP contribution is -2.24. The number of carbonyl (C=O) groups excluding carboxylic acids is 1. The molecular formula is C18H23N3O3S. The Morgan fingerprint density at radius 1 is 1.08 bits per heavy atom. The van der Waals surface area contributed by atoms with Crippen molar-refractivity contribution in [1.29, 1.82) is 0 Å². The van der Waals surface area contributed by atoms with Gasteiger partial charge in [0.2, 0.25) is 15.9 Å². The Labute approximate surface area is 148 Å². The molecule has 2 rings (SSSR count). The zero-order valence-corrected chi connectivity index (χ0v) is 15.0. The highest BCUT2D eigenvalue weighted by Crippen LogP contribution is 2.13. The van der Waals surface area contributed by atoms with Gasteiger partial charge in [0.05, 0.1) is 4.90 Å². The maximum absolute atomic E-state index is 12.0. The van der Waals surface area contributed by atoms with Gasteiger partial charge < -0.3 is 11.1 Å². The second-order valence-corrected chi connectivity index (χ2v) is 7.39. The highest BCUT2D eigenvalue weighted by Gasteiger charge is 2.12. The summed E-state index contributed by atoms with van der Waals surface area (Å²) in [6, 6.07) is 13.9. The maximum Gasteiger partial charge on any atom is 0.240 e. The Kier molecular flexibility index (Phi) is 6.55. The van der Waals surface area contributed by atoms with Crippen LogP contribution in [0.3, 0.4) is 0 Å². The number of nitrogen functional groups attached to an aromatic ring is 1. The van der Waals surface area contributed by atoms with E-state index in [0.29, 0.717) is 31.6 Å². The first-order valence-electron chi connectivity index (χ1n) is 8.11. The van der Waals surface area contributed by atoms with E-state index in [2.05, 4.69) is 10.0 Å². The summed E-state index contributed by atoms with van der Waals surface area (Å²) < 4.78 is 26.2. The van der Waals surface area contributed by atoms with E-state index < -0.39 is 10.0 Å². The van der Waals surface area contributed by atoms with Gasteiger partial charge in [0.1, 0.15) is 0 Å². The molecule has 2 aromatic carbocycles. The van der Waals surface area contributed by atoms with Gasteiger partial charge in [-0.25, -0.2) is 13.1 Å². The summed E-state index contributed by atoms with van der Waals surface area (Å²) in [6.07, 6.45) is 0.930. The molecule has 4 N–H and O–H groups in total. The van der Waals surface area contributed by atoms with Gasteiger partial charge in [0, 0.05) is 25.2 Å². The molecule has 0 aliphatic heterocycles. The van der Waals surface area contributed by atoms with Gasteiger partial charge in [-0.15, -0.1) is 0 Å². The summed E-state index contributed by atoms with van der Waals surface area (Å²) >= 11 is 0. The minimum atomic E-state index is -3.45. The number of carbonyl (C=O) groups is 1. The molecule has 1 amide bonds. The summed E-state index contributed by atoms with van der Waals surface area (Å²) in [6.45, 7) is 2.42. The van der Waals surface area contributed by atoms with Crippen LogP contribution in [0.2, 0.25) is 0 Å². The molecule has 0 aromatic heterocycles. The number of rotatable bonds is 8. The lowest BCUT2D eigenvalue weighted by atomic mass is 10.1. The van der Waals surface area contributed by atoms with Crippen molar-refractivity contribution in [2.24, 2.45) is 0 Å². The number of para-hydroxylation sites is 1. The summed E-state index contributed by atoms with van der Waals surface area (Å²) in [5, 5.41) is 2.83. The van der Waals surface area contributed by atoms with Crippen LogP contribution in [0, 0.1) is 0 Å². The zero-order valence-electron chi connectivity index (χ0n) is 14.2. The molecule has 0 unspecified atom stereocenters. The zero-order chi connectivity index (χ0) is 18.3. The molecule has 25 heavy (non-hydrogen) atoms. The number of benzene rings is 2. The van der Waals surface area contributed by atoms with Gasteiger partial charge in [-0.05, 0) is 35.7 Å². The molecule has 0 spiro atoms. The van der Waals surface area contributed by atoms with E-state index in [1.807, 2.05) is 24.3 Å². The van der Waals surface area contributed by atoms with E-state index >= 15 is 0 Å². The minimum Gasteiger partial charge on any atom is -0.399 e. The molecule has 0 heterocycles. The number of hydrogen-bond donors (Lipinski definition) is 3. The van der Waals surface area contributed by atoms with E-state index in [4.69, 9.17) is 5.73 Å². The molecule has 0 bridgehead atoms. The van der Waals surface area contributed by atoms with Gasteiger partial charge in [-0.2, -0.15) is 0 Å². The molecular weight excluding hydrogens is 338 g/mol. The van der Waals surface area contributed by atoms with Crippen molar-refractivity contribution >= 4 is 21.6 Å². The Morgan fingerprint density at radius 3 is 2.40 bits per heavy atom. The van der Waals surface area contributed by atoms with Crippen LogP contribution in [0.5, 0.6) is 0 Å². The molecule has 134 valence electrons. The number of nitrogens with one attached hydrogen (secondary N) is 2. The predicted molar refractivity (Wildman–Crippen MR) is 98.3 cm³/mol. The average molecular weight is 361 g/mol. The Bertz CT molecular complexity index is 818. The second kappa shape index (κ2) is 8.64. The molecule has 0 aliphatic carbocycles. The molecule has 0 radical (unpaired) electrons. The summed E-state index contributed by atoms with van der Waals surface area (Å²) in [5.41, 5.74) is 8.33. The van der Waals surface area contributed by atoms with Crippen molar-refractivity contribution in [2.75, 3.05) is 12.3 Å². The standard InChI is InChI=1S/C18H23N3O3S/c1-2-21-25(23,24)16-10-7-14(8-11-16)13-20-18(22)12-9-15-5-3-4-6-17(15)19/h3-8,10-11,21H,2,9,12-13,19H2,1H3,(H,20,22). The van der Waals surface area contributed by atoms with E-state index in [-0.39, 0.29) is 10.8 Å². The second-order valence-electron chi connectivity index (χ2n) is 5.62. The number of anilines is 1. The molecule has 0 saturated carbocycles. The van der Waals surface area contributed by atoms with Crippen LogP contribution in [0.15, 0.2) is 53.4 Å². The quantitative estimate of drug-likeness (QED) is 0.624. The SMILES string of the molecule is CCNS(=O)(=O)c1ccc(CNC(=O)CCc2ccccc2N)cc1. The largest absolute Gasteiger partial charge is 0.399 e. The van der Waals surface area contributed by atoms with Gasteiger partial charge in [0.25, 0.3) is 0 Å². The smallest absolute Gasteiger partial charge is 0.240 e. The van der Waals surface area contributed by atoms with E-state index in [9.17, 15) is 13.2 Å². The molecule has 0 saturated heterocycles. The number of aryl methyl sites for hydroxylation is 1. The lowest BCUT2D eigenvalue weighted by molar-refractivity contribution is -0.121. The summed E-state index contributed by atoms with van der Waals surface area (Å²) in [5.74, 6) is -0.0763. The van der Waals surface area contributed by atoms with Crippen LogP contribution < -0.4 is 15.8 Å². The van der Waals surface area contributed by atoms with Crippen LogP contribution >= 0.6 is 0 Å². The predicted octanol–water partition coefficient (Wildman–Crippen LogP) is 1.82. The Hall–Kier alpha value is -2.38. The third kappa shape index (κ3) is 5.58. The Morgan fingerprint density at radius 2 is 1.76 bits per heavy atom. The number of nitrogens with two attached hydrogens (primary N) is 1. The molecule has 7 heteroatoms. The summed E-state index contributed by atoms with van der Waals surface area (Å²) in [7, 11) is -3.45. The molecule has 0 fully saturated rings. The minimum absolute atomic E-state index is 0.0763. The van der Waals surface area contributed by atoms with Crippen LogP contribution in [-0.4, -0.2) is 20.9 Å². The molecule has 2 aromatic rings. The average Bonchev–Trinajstić information content (AvgIpc) is 2.59. The molecule has 0 aliphatic rings. The first kappa shape index (κ1) is 19.0. The van der Waals surface area contributed by atoms with E-state index in [1.165, 1.54) is 12.1 Å². The van der Waals surface area contributed by atoms with Crippen molar-refractivity contribution < 1.29 is 13.2 Å². The monoisotopic (exact) mass is 361 g/mol. The van der Waals surface area contributed by atoms with Crippen LogP contribution in [0.4, 0.5) is 5.69 Å². The van der Waals surface area contributed by atoms with Crippen molar-refractivity contribution in [2.45, 2.75) is 31.2 Å². The molecule has 6 nitrogen and oxygen atoms in total. The van der Waals surface area contributed by atoms with Crippen molar-refractivity contribution in [3.05, 3.63) is 59.7 Å². The number of hydrogen-bond acceptors (Lipinski definition) is 4. The van der Waals surface area contributed by atoms with E-state index in [1.54, 1.807) is 19.1 Å². The fourth-order valence-electron chi connectivity index (χ4n) is 2.36. The van der Waals surface area contributed by atoms with Gasteiger partial charge in [-0.1, -0.05) is 37.3 Å². The van der Waals surface area contributed by atoms with Crippen molar-refractivity contribution in [1.82, 2.24) is 10.0 Å². The molecule has 0 atom stereocenters. The lowest BCUT2D eigenvalue weighted by Gasteiger charge is -2.08. The number of sulfonamides is 1. The first-order valence-corrected chi connectivity index (χ1v) is 9.59. The van der Waals surface area contributed by atoms with Gasteiger partial charge >= 0.3 is 0 Å². The maximum atomic E-state index is 12.0. The van der Waals surface area contributed by atoms with E-state index in [0.717, 1.165) is 11.1 Å². The first-order chi connectivity index (χ1) is 11.9. The third-order valence-corrected chi connectivity index (χ3v) is 5.30. The van der Waals surface area contributed by atoms with Gasteiger partial charge in [-0.3, -0.25) is 4.79 Å². The van der Waals surface area contributed by atoms with Crippen LogP contribution in [0.1, 0.15) is 24.5 Å². The summed E-state index contributed by atoms with van der Waals surface area (Å²) in [4.78, 5) is 12.2. The van der Waals surface area contributed by atoms with Crippen LogP contribution in [-0.2, 0) is 27.8 Å². The fraction of sp³-hybridized carbons (Fsp3) is 0.278. The van der Waals surface area contributed by atoms with Crippen molar-refractivity contribution in [3.63, 3.8) is 0 Å². The fourth-order valence-corrected chi connectivity index (χ4v) is 3.40. The van der Waals surface area contributed by atoms with Gasteiger partial charge in [0.15, 0.2) is 0 Å². The topological polar surface area (TPSA) is 101 Å².